The Bertz CT molecular complexity index is 263. The van der Waals surface area contributed by atoms with Crippen LogP contribution in [0.3, 0.4) is 0 Å². The summed E-state index contributed by atoms with van der Waals surface area (Å²) in [4.78, 5) is 17.5. The molecule has 0 radical (unpaired) electrons. The molecule has 0 aromatic carbocycles. The van der Waals surface area contributed by atoms with Gasteiger partial charge in [0.1, 0.15) is 12.2 Å². The molecule has 3 atom stereocenters. The number of phosphoric acid groups is 1. The molecular weight excluding hydrogens is 235 g/mol. The average molecular weight is 254 g/mol. The second-order valence-corrected chi connectivity index (χ2v) is 5.43. The third-order valence-corrected chi connectivity index (χ3v) is 2.80. The summed E-state index contributed by atoms with van der Waals surface area (Å²) in [5, 5.41) is 0. The number of phosphoric ester groups is 1. The molecule has 0 saturated carbocycles. The van der Waals surface area contributed by atoms with E-state index in [0.717, 1.165) is 0 Å². The monoisotopic (exact) mass is 254 g/mol. The van der Waals surface area contributed by atoms with Gasteiger partial charge < -0.3 is 19.3 Å². The minimum absolute atomic E-state index is 0.0511. The molecule has 96 valence electrons. The molecule has 1 heterocycles. The van der Waals surface area contributed by atoms with Crippen molar-refractivity contribution in [3.63, 3.8) is 0 Å². The maximum absolute atomic E-state index is 10.8. The molecule has 0 amide bonds. The first-order valence-corrected chi connectivity index (χ1v) is 6.82. The molecule has 7 heteroatoms. The van der Waals surface area contributed by atoms with E-state index in [9.17, 15) is 4.57 Å². The lowest BCUT2D eigenvalue weighted by atomic mass is 10.1. The number of hydrogen-bond donors (Lipinski definition) is 2. The van der Waals surface area contributed by atoms with E-state index in [4.69, 9.17) is 19.3 Å². The quantitative estimate of drug-likeness (QED) is 0.714. The van der Waals surface area contributed by atoms with Gasteiger partial charge in [0.15, 0.2) is 0 Å². The van der Waals surface area contributed by atoms with E-state index in [-0.39, 0.29) is 18.8 Å². The van der Waals surface area contributed by atoms with Crippen molar-refractivity contribution in [2.24, 2.45) is 0 Å². The Hall–Kier alpha value is 0.0300. The molecule has 0 aromatic rings. The van der Waals surface area contributed by atoms with E-state index in [0.29, 0.717) is 6.42 Å². The SMILES string of the molecule is CC(C)OC[C@H]1O[C@@H](C)CC1OP(=O)(O)O. The van der Waals surface area contributed by atoms with Crippen LogP contribution in [0.5, 0.6) is 0 Å². The number of rotatable bonds is 5. The first-order valence-electron chi connectivity index (χ1n) is 5.29. The Labute approximate surface area is 95.1 Å². The summed E-state index contributed by atoms with van der Waals surface area (Å²) in [6, 6.07) is 0. The van der Waals surface area contributed by atoms with Gasteiger partial charge in [0.05, 0.1) is 18.8 Å². The highest BCUT2D eigenvalue weighted by Gasteiger charge is 2.38. The van der Waals surface area contributed by atoms with Crippen molar-refractivity contribution in [3.05, 3.63) is 0 Å². The lowest BCUT2D eigenvalue weighted by Gasteiger charge is -2.20. The first-order chi connectivity index (χ1) is 7.28. The molecule has 6 nitrogen and oxygen atoms in total. The van der Waals surface area contributed by atoms with E-state index < -0.39 is 20.0 Å². The van der Waals surface area contributed by atoms with Crippen LogP contribution in [0, 0.1) is 0 Å². The zero-order valence-corrected chi connectivity index (χ0v) is 10.6. The summed E-state index contributed by atoms with van der Waals surface area (Å²) in [5.41, 5.74) is 0. The Balaban J connectivity index is 2.49. The van der Waals surface area contributed by atoms with Gasteiger partial charge >= 0.3 is 7.82 Å². The summed E-state index contributed by atoms with van der Waals surface area (Å²) in [6.07, 6.45) is -0.566. The highest BCUT2D eigenvalue weighted by molar-refractivity contribution is 7.46. The van der Waals surface area contributed by atoms with Gasteiger partial charge in [0, 0.05) is 6.42 Å². The smallest absolute Gasteiger partial charge is 0.376 e. The second kappa shape index (κ2) is 5.58. The molecule has 1 aliphatic heterocycles. The van der Waals surface area contributed by atoms with E-state index in [1.807, 2.05) is 20.8 Å². The fraction of sp³-hybridized carbons (Fsp3) is 1.00. The highest BCUT2D eigenvalue weighted by Crippen LogP contribution is 2.41. The zero-order chi connectivity index (χ0) is 12.3. The molecule has 1 aliphatic rings. The summed E-state index contributed by atoms with van der Waals surface area (Å²) in [6.45, 7) is 5.90. The van der Waals surface area contributed by atoms with E-state index in [1.165, 1.54) is 0 Å². The lowest BCUT2D eigenvalue weighted by Crippen LogP contribution is -2.29. The maximum atomic E-state index is 10.8. The predicted molar refractivity (Wildman–Crippen MR) is 57.0 cm³/mol. The third-order valence-electron chi connectivity index (χ3n) is 2.25. The van der Waals surface area contributed by atoms with Gasteiger partial charge in [0.25, 0.3) is 0 Å². The van der Waals surface area contributed by atoms with Gasteiger partial charge in [0.2, 0.25) is 0 Å². The van der Waals surface area contributed by atoms with Gasteiger partial charge in [-0.3, -0.25) is 4.52 Å². The van der Waals surface area contributed by atoms with Gasteiger partial charge in [-0.25, -0.2) is 4.57 Å². The van der Waals surface area contributed by atoms with Crippen LogP contribution in [0.15, 0.2) is 0 Å². The van der Waals surface area contributed by atoms with E-state index >= 15 is 0 Å². The number of ether oxygens (including phenoxy) is 2. The molecule has 1 rings (SSSR count). The first kappa shape index (κ1) is 14.1. The number of hydrogen-bond acceptors (Lipinski definition) is 4. The minimum atomic E-state index is -4.46. The zero-order valence-electron chi connectivity index (χ0n) is 9.70. The molecule has 1 unspecified atom stereocenters. The van der Waals surface area contributed by atoms with E-state index in [1.54, 1.807) is 0 Å². The van der Waals surface area contributed by atoms with Gasteiger partial charge in [-0.2, -0.15) is 0 Å². The fourth-order valence-electron chi connectivity index (χ4n) is 1.64. The molecule has 0 aromatic heterocycles. The van der Waals surface area contributed by atoms with Crippen molar-refractivity contribution < 1.29 is 28.3 Å². The van der Waals surface area contributed by atoms with Crippen LogP contribution in [-0.2, 0) is 18.6 Å². The summed E-state index contributed by atoms with van der Waals surface area (Å²) in [7, 11) is -4.46. The average Bonchev–Trinajstić information content (AvgIpc) is 2.39. The standard InChI is InChI=1S/C9H19O6P/c1-6(2)13-5-9-8(4-7(3)14-9)15-16(10,11)12/h6-9H,4-5H2,1-3H3,(H2,10,11,12)/t7-,8?,9+/m0/s1. The van der Waals surface area contributed by atoms with Gasteiger partial charge in [-0.15, -0.1) is 0 Å². The summed E-state index contributed by atoms with van der Waals surface area (Å²) in [5.74, 6) is 0. The largest absolute Gasteiger partial charge is 0.469 e. The van der Waals surface area contributed by atoms with Crippen molar-refractivity contribution in [3.8, 4) is 0 Å². The Morgan fingerprint density at radius 1 is 1.50 bits per heavy atom. The molecular formula is C9H19O6P. The van der Waals surface area contributed by atoms with Crippen LogP contribution in [0.4, 0.5) is 0 Å². The second-order valence-electron chi connectivity index (χ2n) is 4.24. The van der Waals surface area contributed by atoms with Crippen molar-refractivity contribution in [2.45, 2.75) is 51.6 Å². The highest BCUT2D eigenvalue weighted by atomic mass is 31.2. The molecule has 1 saturated heterocycles. The molecule has 0 aliphatic carbocycles. The molecule has 1 fully saturated rings. The molecule has 16 heavy (non-hydrogen) atoms. The maximum Gasteiger partial charge on any atom is 0.469 e. The van der Waals surface area contributed by atoms with Crippen LogP contribution in [-0.4, -0.2) is 40.8 Å². The van der Waals surface area contributed by atoms with Gasteiger partial charge in [-0.1, -0.05) is 0 Å². The summed E-state index contributed by atoms with van der Waals surface area (Å²) < 4.78 is 26.3. The van der Waals surface area contributed by atoms with Crippen molar-refractivity contribution in [1.29, 1.82) is 0 Å². The minimum Gasteiger partial charge on any atom is -0.376 e. The van der Waals surface area contributed by atoms with E-state index in [2.05, 4.69) is 4.52 Å². The van der Waals surface area contributed by atoms with Crippen LogP contribution < -0.4 is 0 Å². The van der Waals surface area contributed by atoms with Crippen LogP contribution in [0.1, 0.15) is 27.2 Å². The topological polar surface area (TPSA) is 85.2 Å². The fourth-order valence-corrected chi connectivity index (χ4v) is 2.22. The molecule has 0 bridgehead atoms. The molecule has 2 N–H and O–H groups in total. The Kier molecular flexibility index (Phi) is 4.91. The van der Waals surface area contributed by atoms with Crippen molar-refractivity contribution in [2.75, 3.05) is 6.61 Å². The third kappa shape index (κ3) is 4.91. The van der Waals surface area contributed by atoms with Crippen molar-refractivity contribution >= 4 is 7.82 Å². The van der Waals surface area contributed by atoms with Crippen LogP contribution in [0.2, 0.25) is 0 Å². The predicted octanol–water partition coefficient (Wildman–Crippen LogP) is 1.07. The Morgan fingerprint density at radius 2 is 2.12 bits per heavy atom. The van der Waals surface area contributed by atoms with Gasteiger partial charge in [-0.05, 0) is 20.8 Å². The van der Waals surface area contributed by atoms with Crippen molar-refractivity contribution in [1.82, 2.24) is 0 Å². The Morgan fingerprint density at radius 3 is 2.62 bits per heavy atom. The van der Waals surface area contributed by atoms with Crippen LogP contribution >= 0.6 is 7.82 Å². The summed E-state index contributed by atoms with van der Waals surface area (Å²) >= 11 is 0. The molecule has 0 spiro atoms. The normalized spacial score (nSPS) is 31.2. The van der Waals surface area contributed by atoms with Crippen LogP contribution in [0.25, 0.3) is 0 Å². The lowest BCUT2D eigenvalue weighted by molar-refractivity contribution is -0.0542.